The number of carbonyl (C=O) groups excluding carboxylic acids is 2. The molecule has 0 saturated carbocycles. The van der Waals surface area contributed by atoms with Crippen molar-refractivity contribution < 1.29 is 27.2 Å². The van der Waals surface area contributed by atoms with Gasteiger partial charge in [-0.1, -0.05) is 23.7 Å². The number of nitrogens with zero attached hydrogens (tertiary/aromatic N) is 2. The van der Waals surface area contributed by atoms with Crippen LogP contribution in [-0.2, 0) is 11.0 Å². The Kier molecular flexibility index (Phi) is 7.28. The topological polar surface area (TPSA) is 40.6 Å². The van der Waals surface area contributed by atoms with E-state index in [2.05, 4.69) is 12.6 Å². The van der Waals surface area contributed by atoms with Gasteiger partial charge in [0.05, 0.1) is 22.4 Å². The van der Waals surface area contributed by atoms with Crippen LogP contribution in [-0.4, -0.2) is 53.4 Å². The van der Waals surface area contributed by atoms with Crippen molar-refractivity contribution in [2.24, 2.45) is 0 Å². The number of rotatable bonds is 5. The zero-order chi connectivity index (χ0) is 22.8. The van der Waals surface area contributed by atoms with Crippen LogP contribution in [0.2, 0.25) is 5.02 Å². The summed E-state index contributed by atoms with van der Waals surface area (Å²) in [6.07, 6.45) is -4.07. The van der Waals surface area contributed by atoms with Crippen LogP contribution in [0.25, 0.3) is 0 Å². The Morgan fingerprint density at radius 3 is 2.35 bits per heavy atom. The molecule has 2 aromatic rings. The lowest BCUT2D eigenvalue weighted by Crippen LogP contribution is -2.51. The smallest absolute Gasteiger partial charge is 0.336 e. The highest BCUT2D eigenvalue weighted by Gasteiger charge is 2.38. The van der Waals surface area contributed by atoms with Crippen LogP contribution in [0.15, 0.2) is 42.5 Å². The Labute approximate surface area is 187 Å². The van der Waals surface area contributed by atoms with Gasteiger partial charge in [-0.25, -0.2) is 4.39 Å². The second-order valence-electron chi connectivity index (χ2n) is 7.14. The second kappa shape index (κ2) is 9.58. The monoisotopic (exact) mass is 474 g/mol. The summed E-state index contributed by atoms with van der Waals surface area (Å²) in [6, 6.07) is 8.42. The highest BCUT2D eigenvalue weighted by molar-refractivity contribution is 7.81. The summed E-state index contributed by atoms with van der Waals surface area (Å²) in [5.74, 6) is -1.80. The van der Waals surface area contributed by atoms with Gasteiger partial charge in [0.25, 0.3) is 5.91 Å². The van der Waals surface area contributed by atoms with Gasteiger partial charge in [0.15, 0.2) is 0 Å². The lowest BCUT2D eigenvalue weighted by molar-refractivity contribution is -0.138. The first-order chi connectivity index (χ1) is 14.6. The van der Waals surface area contributed by atoms with Gasteiger partial charge < -0.3 is 9.69 Å². The Morgan fingerprint density at radius 1 is 1.10 bits per heavy atom. The van der Waals surface area contributed by atoms with E-state index in [9.17, 15) is 27.2 Å². The summed E-state index contributed by atoms with van der Waals surface area (Å²) in [5.41, 5.74) is -1.12. The number of benzene rings is 2. The quantitative estimate of drug-likeness (QED) is 0.394. The van der Waals surface area contributed by atoms with Crippen LogP contribution in [0.5, 0.6) is 0 Å². The Morgan fingerprint density at radius 2 is 1.77 bits per heavy atom. The minimum atomic E-state index is -4.78. The van der Waals surface area contributed by atoms with Crippen LogP contribution >= 0.6 is 24.2 Å². The van der Waals surface area contributed by atoms with Gasteiger partial charge in [-0.2, -0.15) is 25.8 Å². The van der Waals surface area contributed by atoms with E-state index in [0.717, 1.165) is 5.56 Å². The fraction of sp³-hybridized carbons (Fsp3) is 0.333. The number of carbonyl (C=O) groups is 2. The lowest BCUT2D eigenvalue weighted by Gasteiger charge is -2.40. The van der Waals surface area contributed by atoms with Crippen molar-refractivity contribution in [2.75, 3.05) is 26.2 Å². The van der Waals surface area contributed by atoms with Crippen molar-refractivity contribution in [1.82, 2.24) is 9.80 Å². The zero-order valence-corrected chi connectivity index (χ0v) is 17.8. The van der Waals surface area contributed by atoms with E-state index in [1.165, 1.54) is 4.90 Å². The number of hydrogen-bond donors (Lipinski definition) is 1. The second-order valence-corrected chi connectivity index (χ2v) is 8.18. The highest BCUT2D eigenvalue weighted by Crippen LogP contribution is 2.34. The van der Waals surface area contributed by atoms with Crippen molar-refractivity contribution in [3.05, 3.63) is 70.0 Å². The standard InChI is InChI=1S/C21H19ClF4N2O2S/c22-14-3-1-2-13(10-14)19(18(31)12-29)27-6-8-28(9-7-27)20(30)16-11-15(23)4-5-17(16)21(24,25)26/h1-5,10-12,18-19,31H,6-9H2. The first-order valence-electron chi connectivity index (χ1n) is 9.40. The van der Waals surface area contributed by atoms with E-state index in [1.54, 1.807) is 18.2 Å². The molecule has 4 nitrogen and oxygen atoms in total. The molecule has 166 valence electrons. The van der Waals surface area contributed by atoms with Gasteiger partial charge in [-0.3, -0.25) is 9.69 Å². The molecular weight excluding hydrogens is 456 g/mol. The number of halogens is 5. The normalized spacial score (nSPS) is 17.3. The Balaban J connectivity index is 1.79. The minimum absolute atomic E-state index is 0.114. The Bertz CT molecular complexity index is 965. The summed E-state index contributed by atoms with van der Waals surface area (Å²) in [6.45, 7) is 0.821. The predicted octanol–water partition coefficient (Wildman–Crippen LogP) is 4.49. The van der Waals surface area contributed by atoms with Crippen LogP contribution in [0.1, 0.15) is 27.5 Å². The summed E-state index contributed by atoms with van der Waals surface area (Å²) in [7, 11) is 0. The zero-order valence-electron chi connectivity index (χ0n) is 16.1. The van der Waals surface area contributed by atoms with Gasteiger partial charge in [0.1, 0.15) is 12.1 Å². The third-order valence-electron chi connectivity index (χ3n) is 5.17. The maximum atomic E-state index is 13.6. The lowest BCUT2D eigenvalue weighted by atomic mass is 10.0. The molecule has 1 aliphatic rings. The summed E-state index contributed by atoms with van der Waals surface area (Å²) >= 11 is 10.4. The third-order valence-corrected chi connectivity index (χ3v) is 5.80. The molecule has 1 fully saturated rings. The third kappa shape index (κ3) is 5.39. The van der Waals surface area contributed by atoms with E-state index in [1.807, 2.05) is 11.0 Å². The molecule has 0 N–H and O–H groups in total. The number of thiol groups is 1. The molecular formula is C21H19ClF4N2O2S. The van der Waals surface area contributed by atoms with Gasteiger partial charge in [0, 0.05) is 31.2 Å². The number of piperazine rings is 1. The number of amides is 1. The van der Waals surface area contributed by atoms with Gasteiger partial charge in [-0.15, -0.1) is 0 Å². The molecule has 1 saturated heterocycles. The molecule has 1 amide bonds. The Hall–Kier alpha value is -2.10. The molecule has 0 spiro atoms. The summed E-state index contributed by atoms with van der Waals surface area (Å²) < 4.78 is 53.4. The van der Waals surface area contributed by atoms with Crippen molar-refractivity contribution in [3.63, 3.8) is 0 Å². The van der Waals surface area contributed by atoms with Crippen LogP contribution in [0.4, 0.5) is 17.6 Å². The van der Waals surface area contributed by atoms with E-state index in [4.69, 9.17) is 11.6 Å². The number of aldehydes is 1. The summed E-state index contributed by atoms with van der Waals surface area (Å²) in [4.78, 5) is 27.4. The minimum Gasteiger partial charge on any atom is -0.336 e. The number of alkyl halides is 3. The molecule has 2 aromatic carbocycles. The molecule has 0 radical (unpaired) electrons. The van der Waals surface area contributed by atoms with E-state index >= 15 is 0 Å². The highest BCUT2D eigenvalue weighted by atomic mass is 35.5. The average molecular weight is 475 g/mol. The average Bonchev–Trinajstić information content (AvgIpc) is 2.73. The van der Waals surface area contributed by atoms with Gasteiger partial charge >= 0.3 is 6.18 Å². The maximum absolute atomic E-state index is 13.6. The number of hydrogen-bond acceptors (Lipinski definition) is 4. The fourth-order valence-corrected chi connectivity index (χ4v) is 4.26. The van der Waals surface area contributed by atoms with Crippen LogP contribution < -0.4 is 0 Å². The molecule has 3 rings (SSSR count). The predicted molar refractivity (Wildman–Crippen MR) is 112 cm³/mol. The van der Waals surface area contributed by atoms with Crippen LogP contribution in [0.3, 0.4) is 0 Å². The molecule has 0 aliphatic carbocycles. The molecule has 2 atom stereocenters. The van der Waals surface area contributed by atoms with Crippen molar-refractivity contribution in [3.8, 4) is 0 Å². The maximum Gasteiger partial charge on any atom is 0.417 e. The SMILES string of the molecule is O=CC(S)C(c1cccc(Cl)c1)N1CCN(C(=O)c2cc(F)ccc2C(F)(F)F)CC1. The molecule has 10 heteroatoms. The van der Waals surface area contributed by atoms with E-state index in [0.29, 0.717) is 42.6 Å². The van der Waals surface area contributed by atoms with Crippen molar-refractivity contribution in [2.45, 2.75) is 17.5 Å². The van der Waals surface area contributed by atoms with Crippen molar-refractivity contribution in [1.29, 1.82) is 0 Å². The molecule has 1 aliphatic heterocycles. The summed E-state index contributed by atoms with van der Waals surface area (Å²) in [5, 5.41) is -0.172. The molecule has 0 aromatic heterocycles. The largest absolute Gasteiger partial charge is 0.417 e. The first kappa shape index (κ1) is 23.6. The van der Waals surface area contributed by atoms with E-state index in [-0.39, 0.29) is 13.1 Å². The molecule has 1 heterocycles. The molecule has 0 bridgehead atoms. The van der Waals surface area contributed by atoms with Crippen LogP contribution in [0, 0.1) is 5.82 Å². The van der Waals surface area contributed by atoms with Gasteiger partial charge in [0.2, 0.25) is 0 Å². The van der Waals surface area contributed by atoms with Crippen molar-refractivity contribution >= 4 is 36.4 Å². The van der Waals surface area contributed by atoms with E-state index < -0.39 is 40.3 Å². The van der Waals surface area contributed by atoms with Gasteiger partial charge in [-0.05, 0) is 35.9 Å². The fourth-order valence-electron chi connectivity index (χ4n) is 3.70. The molecule has 2 unspecified atom stereocenters. The molecule has 31 heavy (non-hydrogen) atoms. The first-order valence-corrected chi connectivity index (χ1v) is 10.3.